The molecule has 0 bridgehead atoms. The Morgan fingerprint density at radius 2 is 1.39 bits per heavy atom. The largest absolute Gasteiger partial charge is 0.496 e. The number of imide groups is 1. The van der Waals surface area contributed by atoms with Gasteiger partial charge in [-0.15, -0.1) is 0 Å². The zero-order valence-electron chi connectivity index (χ0n) is 18.2. The van der Waals surface area contributed by atoms with Crippen molar-refractivity contribution >= 4 is 29.0 Å². The lowest BCUT2D eigenvalue weighted by molar-refractivity contribution is -0.120. The van der Waals surface area contributed by atoms with Gasteiger partial charge < -0.3 is 14.5 Å². The van der Waals surface area contributed by atoms with Crippen molar-refractivity contribution in [3.8, 4) is 5.75 Å². The molecule has 0 saturated carbocycles. The van der Waals surface area contributed by atoms with Crippen LogP contribution in [0.2, 0.25) is 0 Å². The highest BCUT2D eigenvalue weighted by atomic mass is 16.5. The second-order valence-corrected chi connectivity index (χ2v) is 7.73. The predicted molar refractivity (Wildman–Crippen MR) is 125 cm³/mol. The molecule has 0 unspecified atom stereocenters. The van der Waals surface area contributed by atoms with E-state index in [-0.39, 0.29) is 11.8 Å². The fourth-order valence-electron chi connectivity index (χ4n) is 4.30. The van der Waals surface area contributed by atoms with Crippen molar-refractivity contribution < 1.29 is 14.3 Å². The number of nitrogens with zero attached hydrogens (tertiary/aromatic N) is 5. The Labute approximate surface area is 191 Å². The summed E-state index contributed by atoms with van der Waals surface area (Å²) in [4.78, 5) is 41.3. The smallest absolute Gasteiger partial charge is 0.282 e. The lowest BCUT2D eigenvalue weighted by Gasteiger charge is -2.36. The van der Waals surface area contributed by atoms with Crippen LogP contribution in [0.15, 0.2) is 78.8 Å². The van der Waals surface area contributed by atoms with Crippen LogP contribution < -0.4 is 14.5 Å². The number of amides is 2. The molecule has 1 aromatic heterocycles. The lowest BCUT2D eigenvalue weighted by atomic mass is 10.0. The summed E-state index contributed by atoms with van der Waals surface area (Å²) in [7, 11) is 1.56. The van der Waals surface area contributed by atoms with Crippen LogP contribution in [0.5, 0.6) is 5.75 Å². The quantitative estimate of drug-likeness (QED) is 0.563. The number of carbonyl (C=O) groups excluding carboxylic acids is 2. The maximum absolute atomic E-state index is 13.7. The molecule has 2 aromatic carbocycles. The van der Waals surface area contributed by atoms with E-state index in [0.717, 1.165) is 0 Å². The molecule has 5 rings (SSSR count). The maximum atomic E-state index is 13.7. The third-order valence-corrected chi connectivity index (χ3v) is 5.88. The molecule has 166 valence electrons. The fourth-order valence-corrected chi connectivity index (χ4v) is 4.30. The van der Waals surface area contributed by atoms with Crippen molar-refractivity contribution in [2.45, 2.75) is 0 Å². The van der Waals surface area contributed by atoms with Crippen molar-refractivity contribution in [1.82, 2.24) is 14.9 Å². The Hall–Kier alpha value is -4.20. The van der Waals surface area contributed by atoms with Crippen LogP contribution in [0.4, 0.5) is 11.6 Å². The number of para-hydroxylation sites is 2. The molecule has 2 aliphatic heterocycles. The van der Waals surface area contributed by atoms with E-state index in [2.05, 4.69) is 14.9 Å². The zero-order valence-corrected chi connectivity index (χ0v) is 18.2. The van der Waals surface area contributed by atoms with Crippen LogP contribution in [-0.4, -0.2) is 60.0 Å². The Balaban J connectivity index is 1.53. The summed E-state index contributed by atoms with van der Waals surface area (Å²) in [5.41, 5.74) is 1.93. The fraction of sp³-hybridized carbons (Fsp3) is 0.200. The SMILES string of the molecule is COc1ccccc1C1=C(N2CCN(c3ncccn3)CC2)C(=O)N(c2ccccc2)C1=O. The van der Waals surface area contributed by atoms with Crippen LogP contribution in [0.1, 0.15) is 5.56 Å². The van der Waals surface area contributed by atoms with E-state index in [9.17, 15) is 9.59 Å². The first-order valence-corrected chi connectivity index (χ1v) is 10.8. The van der Waals surface area contributed by atoms with Crippen molar-refractivity contribution in [3.05, 3.63) is 84.3 Å². The monoisotopic (exact) mass is 441 g/mol. The molecule has 8 nitrogen and oxygen atoms in total. The highest BCUT2D eigenvalue weighted by Crippen LogP contribution is 2.38. The molecular formula is C25H23N5O3. The first kappa shape index (κ1) is 20.7. The third kappa shape index (κ3) is 3.69. The second kappa shape index (κ2) is 8.74. The molecule has 0 spiro atoms. The first-order valence-electron chi connectivity index (χ1n) is 10.8. The number of benzene rings is 2. The van der Waals surface area contributed by atoms with Gasteiger partial charge >= 0.3 is 0 Å². The normalized spacial score (nSPS) is 16.6. The van der Waals surface area contributed by atoms with Crippen LogP contribution in [-0.2, 0) is 9.59 Å². The molecule has 0 radical (unpaired) electrons. The number of carbonyl (C=O) groups is 2. The minimum absolute atomic E-state index is 0.323. The third-order valence-electron chi connectivity index (χ3n) is 5.88. The zero-order chi connectivity index (χ0) is 22.8. The van der Waals surface area contributed by atoms with Gasteiger partial charge in [-0.1, -0.05) is 36.4 Å². The van der Waals surface area contributed by atoms with Crippen LogP contribution in [0.3, 0.4) is 0 Å². The molecule has 33 heavy (non-hydrogen) atoms. The summed E-state index contributed by atoms with van der Waals surface area (Å²) in [5, 5.41) is 0. The van der Waals surface area contributed by atoms with Crippen molar-refractivity contribution in [3.63, 3.8) is 0 Å². The molecule has 1 fully saturated rings. The molecule has 2 amide bonds. The minimum Gasteiger partial charge on any atom is -0.496 e. The number of hydrogen-bond acceptors (Lipinski definition) is 7. The van der Waals surface area contributed by atoms with E-state index in [1.54, 1.807) is 43.8 Å². The van der Waals surface area contributed by atoms with E-state index in [1.165, 1.54) is 4.90 Å². The van der Waals surface area contributed by atoms with Crippen LogP contribution in [0.25, 0.3) is 5.57 Å². The minimum atomic E-state index is -0.348. The molecule has 0 aliphatic carbocycles. The maximum Gasteiger partial charge on any atom is 0.282 e. The highest BCUT2D eigenvalue weighted by Gasteiger charge is 2.43. The molecular weight excluding hydrogens is 418 g/mol. The van der Waals surface area contributed by atoms with Crippen molar-refractivity contribution in [1.29, 1.82) is 0 Å². The summed E-state index contributed by atoms with van der Waals surface area (Å²) in [6.07, 6.45) is 3.43. The summed E-state index contributed by atoms with van der Waals surface area (Å²) < 4.78 is 5.53. The van der Waals surface area contributed by atoms with E-state index in [1.807, 2.05) is 41.3 Å². The van der Waals surface area contributed by atoms with Gasteiger partial charge in [0.05, 0.1) is 18.4 Å². The van der Waals surface area contributed by atoms with Gasteiger partial charge in [0.15, 0.2) is 0 Å². The van der Waals surface area contributed by atoms with Gasteiger partial charge in [0.2, 0.25) is 5.95 Å². The van der Waals surface area contributed by atoms with E-state index < -0.39 is 0 Å². The van der Waals surface area contributed by atoms with E-state index in [0.29, 0.717) is 60.4 Å². The van der Waals surface area contributed by atoms with Gasteiger partial charge in [0.25, 0.3) is 11.8 Å². The highest BCUT2D eigenvalue weighted by molar-refractivity contribution is 6.45. The molecule has 0 N–H and O–H groups in total. The second-order valence-electron chi connectivity index (χ2n) is 7.73. The number of anilines is 2. The molecule has 3 heterocycles. The summed E-state index contributed by atoms with van der Waals surface area (Å²) in [6, 6.07) is 18.1. The molecule has 8 heteroatoms. The Bertz CT molecular complexity index is 1200. The van der Waals surface area contributed by atoms with Crippen LogP contribution in [0, 0.1) is 0 Å². The molecule has 2 aliphatic rings. The van der Waals surface area contributed by atoms with E-state index >= 15 is 0 Å². The number of hydrogen-bond donors (Lipinski definition) is 0. The average Bonchev–Trinajstić information content (AvgIpc) is 3.14. The summed E-state index contributed by atoms with van der Waals surface area (Å²) in [6.45, 7) is 2.40. The number of piperazine rings is 1. The topological polar surface area (TPSA) is 78.9 Å². The Morgan fingerprint density at radius 3 is 2.09 bits per heavy atom. The van der Waals surface area contributed by atoms with E-state index in [4.69, 9.17) is 4.74 Å². The summed E-state index contributed by atoms with van der Waals surface area (Å²) in [5.74, 6) is 0.546. The molecule has 0 atom stereocenters. The van der Waals surface area contributed by atoms with Gasteiger partial charge in [-0.25, -0.2) is 14.9 Å². The number of rotatable bonds is 5. The summed E-state index contributed by atoms with van der Waals surface area (Å²) >= 11 is 0. The number of aromatic nitrogens is 2. The average molecular weight is 441 g/mol. The molecule has 1 saturated heterocycles. The van der Waals surface area contributed by atoms with Gasteiger partial charge in [0, 0.05) is 44.1 Å². The lowest BCUT2D eigenvalue weighted by Crippen LogP contribution is -2.48. The number of ether oxygens (including phenoxy) is 1. The predicted octanol–water partition coefficient (Wildman–Crippen LogP) is 2.59. The first-order chi connectivity index (χ1) is 16.2. The number of methoxy groups -OCH3 is 1. The van der Waals surface area contributed by atoms with Gasteiger partial charge in [-0.3, -0.25) is 9.59 Å². The van der Waals surface area contributed by atoms with Crippen LogP contribution >= 0.6 is 0 Å². The van der Waals surface area contributed by atoms with Gasteiger partial charge in [-0.2, -0.15) is 0 Å². The standard InChI is InChI=1S/C25H23N5O3/c1-33-20-11-6-5-10-19(20)21-22(24(32)30(23(21)31)18-8-3-2-4-9-18)28-14-16-29(17-15-28)25-26-12-7-13-27-25/h2-13H,14-17H2,1H3. The van der Waals surface area contributed by atoms with Gasteiger partial charge in [-0.05, 0) is 24.3 Å². The van der Waals surface area contributed by atoms with Crippen molar-refractivity contribution in [2.75, 3.05) is 43.1 Å². The van der Waals surface area contributed by atoms with Crippen molar-refractivity contribution in [2.24, 2.45) is 0 Å². The Morgan fingerprint density at radius 1 is 0.758 bits per heavy atom. The Kier molecular flexibility index (Phi) is 5.48. The molecule has 3 aromatic rings. The van der Waals surface area contributed by atoms with Gasteiger partial charge in [0.1, 0.15) is 11.4 Å².